The predicted molar refractivity (Wildman–Crippen MR) is 134 cm³/mol. The molecular formula is C27H33NO4Si. The van der Waals surface area contributed by atoms with Crippen LogP contribution in [0.2, 0.25) is 5.04 Å². The van der Waals surface area contributed by atoms with Crippen molar-refractivity contribution in [2.45, 2.75) is 38.5 Å². The predicted octanol–water partition coefficient (Wildman–Crippen LogP) is 3.85. The number of rotatable bonds is 9. The molecule has 0 unspecified atom stereocenters. The number of amides is 1. The fourth-order valence-electron chi connectivity index (χ4n) is 4.06. The Morgan fingerprint density at radius 3 is 1.82 bits per heavy atom. The van der Waals surface area contributed by atoms with Crippen LogP contribution in [0.25, 0.3) is 0 Å². The van der Waals surface area contributed by atoms with Crippen LogP contribution in [-0.2, 0) is 15.8 Å². The third-order valence-electron chi connectivity index (χ3n) is 5.67. The van der Waals surface area contributed by atoms with Gasteiger partial charge in [0.05, 0.1) is 19.3 Å². The first kappa shape index (κ1) is 24.7. The van der Waals surface area contributed by atoms with Crippen LogP contribution < -0.4 is 15.7 Å². The zero-order chi connectivity index (χ0) is 23.7. The lowest BCUT2D eigenvalue weighted by atomic mass is 10.2. The number of aliphatic hydroxyl groups excluding tert-OH is 1. The molecule has 0 spiro atoms. The van der Waals surface area contributed by atoms with Crippen molar-refractivity contribution in [2.75, 3.05) is 13.2 Å². The van der Waals surface area contributed by atoms with E-state index in [9.17, 15) is 9.90 Å². The average molecular weight is 464 g/mol. The van der Waals surface area contributed by atoms with E-state index in [-0.39, 0.29) is 24.9 Å². The lowest BCUT2D eigenvalue weighted by Gasteiger charge is -2.43. The number of carbonyl (C=O) groups excluding carboxylic acids is 1. The maximum absolute atomic E-state index is 12.4. The SMILES string of the molecule is CC(C)(C)[Si](OC[C@H](CO)NC(=O)OCc1ccccc1)(c1ccccc1)c1ccccc1. The van der Waals surface area contributed by atoms with E-state index in [1.165, 1.54) is 0 Å². The number of alkyl carbamates (subject to hydrolysis) is 1. The Kier molecular flexibility index (Phi) is 8.44. The fourth-order valence-corrected chi connectivity index (χ4v) is 8.67. The van der Waals surface area contributed by atoms with Gasteiger partial charge in [-0.25, -0.2) is 4.79 Å². The fraction of sp³-hybridized carbons (Fsp3) is 0.296. The largest absolute Gasteiger partial charge is 0.445 e. The average Bonchev–Trinajstić information content (AvgIpc) is 2.83. The van der Waals surface area contributed by atoms with E-state index in [1.54, 1.807) is 0 Å². The normalized spacial score (nSPS) is 12.7. The van der Waals surface area contributed by atoms with E-state index in [4.69, 9.17) is 9.16 Å². The molecule has 3 aromatic rings. The van der Waals surface area contributed by atoms with Gasteiger partial charge in [-0.05, 0) is 21.0 Å². The Morgan fingerprint density at radius 1 is 0.879 bits per heavy atom. The Balaban J connectivity index is 1.79. The van der Waals surface area contributed by atoms with Crippen LogP contribution in [0.15, 0.2) is 91.0 Å². The van der Waals surface area contributed by atoms with Gasteiger partial charge in [-0.3, -0.25) is 0 Å². The molecule has 3 aromatic carbocycles. The van der Waals surface area contributed by atoms with Crippen molar-refractivity contribution in [3.8, 4) is 0 Å². The summed E-state index contributed by atoms with van der Waals surface area (Å²) in [6, 6.07) is 29.4. The first-order valence-corrected chi connectivity index (χ1v) is 13.1. The minimum atomic E-state index is -2.75. The summed E-state index contributed by atoms with van der Waals surface area (Å²) in [6.07, 6.45) is -0.580. The van der Waals surface area contributed by atoms with Crippen molar-refractivity contribution < 1.29 is 19.1 Å². The number of hydrogen-bond acceptors (Lipinski definition) is 4. The Morgan fingerprint density at radius 2 is 1.36 bits per heavy atom. The van der Waals surface area contributed by atoms with Crippen molar-refractivity contribution in [1.29, 1.82) is 0 Å². The van der Waals surface area contributed by atoms with Gasteiger partial charge in [0.2, 0.25) is 0 Å². The summed E-state index contributed by atoms with van der Waals surface area (Å²) >= 11 is 0. The molecule has 0 fully saturated rings. The number of hydrogen-bond donors (Lipinski definition) is 2. The van der Waals surface area contributed by atoms with E-state index in [0.29, 0.717) is 0 Å². The lowest BCUT2D eigenvalue weighted by molar-refractivity contribution is 0.118. The molecule has 6 heteroatoms. The van der Waals surface area contributed by atoms with Crippen LogP contribution in [0.4, 0.5) is 4.79 Å². The zero-order valence-electron chi connectivity index (χ0n) is 19.5. The van der Waals surface area contributed by atoms with Crippen molar-refractivity contribution >= 4 is 24.8 Å². The van der Waals surface area contributed by atoms with E-state index >= 15 is 0 Å². The summed E-state index contributed by atoms with van der Waals surface area (Å²) in [6.45, 7) is 6.65. The monoisotopic (exact) mass is 463 g/mol. The van der Waals surface area contributed by atoms with Crippen LogP contribution in [0.5, 0.6) is 0 Å². The van der Waals surface area contributed by atoms with Crippen molar-refractivity contribution in [3.05, 3.63) is 96.6 Å². The molecule has 0 radical (unpaired) electrons. The number of nitrogens with one attached hydrogen (secondary N) is 1. The number of aliphatic hydroxyl groups is 1. The second-order valence-corrected chi connectivity index (χ2v) is 13.4. The Labute approximate surface area is 197 Å². The van der Waals surface area contributed by atoms with Gasteiger partial charge in [0.25, 0.3) is 8.32 Å². The highest BCUT2D eigenvalue weighted by Gasteiger charge is 2.50. The molecule has 0 bridgehead atoms. The molecular weight excluding hydrogens is 430 g/mol. The van der Waals surface area contributed by atoms with Crippen molar-refractivity contribution in [1.82, 2.24) is 5.32 Å². The minimum absolute atomic E-state index is 0.167. The molecule has 0 aromatic heterocycles. The Bertz CT molecular complexity index is 951. The van der Waals surface area contributed by atoms with Crippen molar-refractivity contribution in [2.24, 2.45) is 0 Å². The zero-order valence-corrected chi connectivity index (χ0v) is 20.5. The third-order valence-corrected chi connectivity index (χ3v) is 10.7. The van der Waals surface area contributed by atoms with E-state index in [2.05, 4.69) is 50.4 Å². The number of carbonyl (C=O) groups is 1. The maximum Gasteiger partial charge on any atom is 0.407 e. The van der Waals surface area contributed by atoms with Gasteiger partial charge in [0, 0.05) is 0 Å². The quantitative estimate of drug-likeness (QED) is 0.473. The molecule has 0 saturated carbocycles. The first-order chi connectivity index (χ1) is 15.9. The van der Waals surface area contributed by atoms with Gasteiger partial charge >= 0.3 is 6.09 Å². The molecule has 1 atom stereocenters. The van der Waals surface area contributed by atoms with Crippen LogP contribution >= 0.6 is 0 Å². The molecule has 0 heterocycles. The Hall–Kier alpha value is -2.93. The van der Waals surface area contributed by atoms with Crippen LogP contribution in [0.1, 0.15) is 26.3 Å². The number of ether oxygens (including phenoxy) is 1. The van der Waals surface area contributed by atoms with E-state index < -0.39 is 20.5 Å². The van der Waals surface area contributed by atoms with Gasteiger partial charge in [-0.1, -0.05) is 112 Å². The molecule has 33 heavy (non-hydrogen) atoms. The molecule has 5 nitrogen and oxygen atoms in total. The highest BCUT2D eigenvalue weighted by atomic mass is 28.4. The van der Waals surface area contributed by atoms with Gasteiger partial charge in [0.15, 0.2) is 0 Å². The van der Waals surface area contributed by atoms with Crippen molar-refractivity contribution in [3.63, 3.8) is 0 Å². The topological polar surface area (TPSA) is 67.8 Å². The summed E-state index contributed by atoms with van der Waals surface area (Å²) in [5, 5.41) is 14.8. The van der Waals surface area contributed by atoms with Gasteiger partial charge in [-0.15, -0.1) is 0 Å². The summed E-state index contributed by atoms with van der Waals surface area (Å²) in [5.41, 5.74) is 0.900. The van der Waals surface area contributed by atoms with Crippen LogP contribution in [0.3, 0.4) is 0 Å². The highest BCUT2D eigenvalue weighted by molar-refractivity contribution is 6.99. The minimum Gasteiger partial charge on any atom is -0.445 e. The highest BCUT2D eigenvalue weighted by Crippen LogP contribution is 2.36. The summed E-state index contributed by atoms with van der Waals surface area (Å²) < 4.78 is 12.1. The molecule has 0 aliphatic heterocycles. The second-order valence-electron chi connectivity index (χ2n) is 9.06. The summed E-state index contributed by atoms with van der Waals surface area (Å²) in [7, 11) is -2.75. The van der Waals surface area contributed by atoms with Crippen LogP contribution in [0, 0.1) is 0 Å². The molecule has 3 rings (SSSR count). The second kappa shape index (κ2) is 11.3. The van der Waals surface area contributed by atoms with Gasteiger partial charge < -0.3 is 19.6 Å². The molecule has 2 N–H and O–H groups in total. The standard InChI is InChI=1S/C27H33NO4Si/c1-27(2,3)33(24-15-9-5-10-16-24,25-17-11-6-12-18-25)32-21-23(19-29)28-26(30)31-20-22-13-7-4-8-14-22/h4-18,23,29H,19-21H2,1-3H3,(H,28,30)/t23-/m0/s1. The molecule has 0 saturated heterocycles. The maximum atomic E-state index is 12.4. The molecule has 0 aliphatic rings. The molecule has 1 amide bonds. The van der Waals surface area contributed by atoms with Crippen LogP contribution in [-0.4, -0.2) is 38.8 Å². The summed E-state index contributed by atoms with van der Waals surface area (Å²) in [4.78, 5) is 12.4. The lowest BCUT2D eigenvalue weighted by Crippen LogP contribution is -2.67. The first-order valence-electron chi connectivity index (χ1n) is 11.2. The molecule has 174 valence electrons. The van der Waals surface area contributed by atoms with Gasteiger partial charge in [0.1, 0.15) is 6.61 Å². The van der Waals surface area contributed by atoms with Gasteiger partial charge in [-0.2, -0.15) is 0 Å². The molecule has 0 aliphatic carbocycles. The van der Waals surface area contributed by atoms with E-state index in [1.807, 2.05) is 66.7 Å². The summed E-state index contributed by atoms with van der Waals surface area (Å²) in [5.74, 6) is 0. The van der Waals surface area contributed by atoms with E-state index in [0.717, 1.165) is 15.9 Å². The smallest absolute Gasteiger partial charge is 0.407 e. The number of benzene rings is 3. The third kappa shape index (κ3) is 6.10.